The maximum absolute atomic E-state index is 13.5. The summed E-state index contributed by atoms with van der Waals surface area (Å²) in [6.45, 7) is 4.20. The first-order valence-electron chi connectivity index (χ1n) is 10.9. The molecule has 32 heavy (non-hydrogen) atoms. The molecular formula is C22H26N8O2. The number of nitrogens with zero attached hydrogens (tertiary/aromatic N) is 7. The minimum atomic E-state index is -0.399. The Morgan fingerprint density at radius 3 is 2.66 bits per heavy atom. The van der Waals surface area contributed by atoms with Gasteiger partial charge in [-0.15, -0.1) is 0 Å². The highest BCUT2D eigenvalue weighted by Crippen LogP contribution is 2.23. The summed E-state index contributed by atoms with van der Waals surface area (Å²) < 4.78 is 4.62. The fraction of sp³-hybridized carbons (Fsp3) is 0.409. The molecule has 1 fully saturated rings. The Kier molecular flexibility index (Phi) is 5.01. The van der Waals surface area contributed by atoms with E-state index in [0.29, 0.717) is 30.2 Å². The van der Waals surface area contributed by atoms with Crippen molar-refractivity contribution in [1.82, 2.24) is 28.7 Å². The van der Waals surface area contributed by atoms with Crippen molar-refractivity contribution in [2.24, 2.45) is 12.8 Å². The summed E-state index contributed by atoms with van der Waals surface area (Å²) >= 11 is 0. The van der Waals surface area contributed by atoms with Crippen molar-refractivity contribution in [2.75, 3.05) is 18.0 Å². The zero-order valence-electron chi connectivity index (χ0n) is 18.2. The van der Waals surface area contributed by atoms with Crippen molar-refractivity contribution in [1.29, 1.82) is 0 Å². The van der Waals surface area contributed by atoms with Gasteiger partial charge < -0.3 is 15.2 Å². The van der Waals surface area contributed by atoms with E-state index >= 15 is 0 Å². The summed E-state index contributed by atoms with van der Waals surface area (Å²) in [6, 6.07) is 5.64. The zero-order chi connectivity index (χ0) is 22.4. The quantitative estimate of drug-likeness (QED) is 0.506. The minimum Gasteiger partial charge on any atom is -0.341 e. The molecule has 10 heteroatoms. The predicted octanol–water partition coefficient (Wildman–Crippen LogP) is 0.836. The normalized spacial score (nSPS) is 16.8. The Bertz CT molecular complexity index is 1430. The smallest absolute Gasteiger partial charge is 0.332 e. The lowest BCUT2D eigenvalue weighted by Crippen LogP contribution is -2.44. The highest BCUT2D eigenvalue weighted by molar-refractivity contribution is 5.75. The van der Waals surface area contributed by atoms with Crippen molar-refractivity contribution in [3.05, 3.63) is 57.0 Å². The lowest BCUT2D eigenvalue weighted by Gasteiger charge is -2.31. The molecule has 3 aromatic heterocycles. The van der Waals surface area contributed by atoms with Crippen molar-refractivity contribution in [3.8, 4) is 0 Å². The second-order valence-corrected chi connectivity index (χ2v) is 8.29. The van der Waals surface area contributed by atoms with Crippen LogP contribution in [0.15, 0.2) is 40.2 Å². The molecule has 5 rings (SSSR count). The molecule has 2 N–H and O–H groups in total. The first-order chi connectivity index (χ1) is 15.5. The summed E-state index contributed by atoms with van der Waals surface area (Å²) in [5, 5.41) is 0. The molecule has 0 saturated carbocycles. The predicted molar refractivity (Wildman–Crippen MR) is 123 cm³/mol. The maximum Gasteiger partial charge on any atom is 0.332 e. The third kappa shape index (κ3) is 3.27. The van der Waals surface area contributed by atoms with E-state index in [0.717, 1.165) is 36.0 Å². The van der Waals surface area contributed by atoms with Crippen molar-refractivity contribution in [3.63, 3.8) is 0 Å². The van der Waals surface area contributed by atoms with Gasteiger partial charge in [0.25, 0.3) is 5.56 Å². The van der Waals surface area contributed by atoms with Crippen LogP contribution in [0.4, 0.5) is 5.95 Å². The molecular weight excluding hydrogens is 408 g/mol. The fourth-order valence-corrected chi connectivity index (χ4v) is 4.52. The lowest BCUT2D eigenvalue weighted by molar-refractivity contribution is 0.494. The SMILES string of the molecule is CCn1c(N2CCC[C@@H](N)C2)nc2c1c(=O)n(Cc1ccc3nccnc3c1)c(=O)n2C. The van der Waals surface area contributed by atoms with Crippen LogP contribution in [0.5, 0.6) is 0 Å². The van der Waals surface area contributed by atoms with E-state index in [-0.39, 0.29) is 18.1 Å². The standard InChI is InChI=1S/C22H26N8O2/c1-3-29-18-19(26-21(29)28-10-4-5-15(23)13-28)27(2)22(32)30(20(18)31)12-14-6-7-16-17(11-14)25-9-8-24-16/h6-9,11,15H,3-5,10,12-13,23H2,1-2H3/t15-/m1/s1. The average molecular weight is 435 g/mol. The van der Waals surface area contributed by atoms with Crippen LogP contribution in [-0.4, -0.2) is 47.8 Å². The van der Waals surface area contributed by atoms with E-state index in [2.05, 4.69) is 14.9 Å². The third-order valence-electron chi connectivity index (χ3n) is 6.14. The first-order valence-corrected chi connectivity index (χ1v) is 10.9. The van der Waals surface area contributed by atoms with E-state index in [1.807, 2.05) is 29.7 Å². The molecule has 0 unspecified atom stereocenters. The van der Waals surface area contributed by atoms with Gasteiger partial charge in [-0.1, -0.05) is 6.07 Å². The first kappa shape index (κ1) is 20.4. The molecule has 1 aliphatic rings. The van der Waals surface area contributed by atoms with E-state index < -0.39 is 5.69 Å². The van der Waals surface area contributed by atoms with Crippen LogP contribution < -0.4 is 21.9 Å². The number of fused-ring (bicyclic) bond motifs is 2. The van der Waals surface area contributed by atoms with Crippen LogP contribution in [0.2, 0.25) is 0 Å². The molecule has 4 heterocycles. The topological polar surface area (TPSA) is 117 Å². The maximum atomic E-state index is 13.5. The number of nitrogens with two attached hydrogens (primary N) is 1. The third-order valence-corrected chi connectivity index (χ3v) is 6.14. The molecule has 0 radical (unpaired) electrons. The van der Waals surface area contributed by atoms with Crippen LogP contribution in [0.1, 0.15) is 25.3 Å². The monoisotopic (exact) mass is 434 g/mol. The number of hydrogen-bond acceptors (Lipinski definition) is 7. The fourth-order valence-electron chi connectivity index (χ4n) is 4.52. The second kappa shape index (κ2) is 7.86. The molecule has 166 valence electrons. The molecule has 0 aliphatic carbocycles. The molecule has 0 bridgehead atoms. The number of aromatic nitrogens is 6. The number of aryl methyl sites for hydroxylation is 2. The Morgan fingerprint density at radius 1 is 1.12 bits per heavy atom. The number of benzene rings is 1. The highest BCUT2D eigenvalue weighted by atomic mass is 16.2. The van der Waals surface area contributed by atoms with Crippen LogP contribution in [0.3, 0.4) is 0 Å². The lowest BCUT2D eigenvalue weighted by atomic mass is 10.1. The molecule has 0 amide bonds. The van der Waals surface area contributed by atoms with Crippen molar-refractivity contribution in [2.45, 2.75) is 38.9 Å². The average Bonchev–Trinajstić information content (AvgIpc) is 3.20. The van der Waals surface area contributed by atoms with E-state index in [4.69, 9.17) is 10.7 Å². The molecule has 10 nitrogen and oxygen atoms in total. The van der Waals surface area contributed by atoms with Crippen LogP contribution >= 0.6 is 0 Å². The van der Waals surface area contributed by atoms with Gasteiger partial charge in [-0.05, 0) is 37.5 Å². The van der Waals surface area contributed by atoms with Gasteiger partial charge in [0.2, 0.25) is 5.95 Å². The summed E-state index contributed by atoms with van der Waals surface area (Å²) in [7, 11) is 1.66. The summed E-state index contributed by atoms with van der Waals surface area (Å²) in [5.74, 6) is 0.698. The van der Waals surface area contributed by atoms with Gasteiger partial charge >= 0.3 is 5.69 Å². The Hall–Kier alpha value is -3.53. The van der Waals surface area contributed by atoms with Crippen LogP contribution in [0.25, 0.3) is 22.2 Å². The van der Waals surface area contributed by atoms with E-state index in [1.165, 1.54) is 9.13 Å². The number of imidazole rings is 1. The molecule has 1 saturated heterocycles. The molecule has 1 aromatic carbocycles. The highest BCUT2D eigenvalue weighted by Gasteiger charge is 2.25. The van der Waals surface area contributed by atoms with Crippen molar-refractivity contribution >= 4 is 28.1 Å². The van der Waals surface area contributed by atoms with Gasteiger partial charge in [0.1, 0.15) is 0 Å². The van der Waals surface area contributed by atoms with E-state index in [1.54, 1.807) is 19.4 Å². The summed E-state index contributed by atoms with van der Waals surface area (Å²) in [6.07, 6.45) is 5.21. The summed E-state index contributed by atoms with van der Waals surface area (Å²) in [5.41, 5.74) is 8.56. The van der Waals surface area contributed by atoms with Gasteiger partial charge in [0.05, 0.1) is 17.6 Å². The Balaban J connectivity index is 1.65. The number of piperidine rings is 1. The van der Waals surface area contributed by atoms with E-state index in [9.17, 15) is 9.59 Å². The van der Waals surface area contributed by atoms with Gasteiger partial charge in [-0.25, -0.2) is 4.79 Å². The van der Waals surface area contributed by atoms with Gasteiger partial charge in [-0.2, -0.15) is 4.98 Å². The molecule has 1 aliphatic heterocycles. The van der Waals surface area contributed by atoms with Gasteiger partial charge in [-0.3, -0.25) is 23.9 Å². The molecule has 4 aromatic rings. The second-order valence-electron chi connectivity index (χ2n) is 8.29. The largest absolute Gasteiger partial charge is 0.341 e. The van der Waals surface area contributed by atoms with Crippen molar-refractivity contribution < 1.29 is 0 Å². The van der Waals surface area contributed by atoms with Crippen LogP contribution in [-0.2, 0) is 20.1 Å². The van der Waals surface area contributed by atoms with Gasteiger partial charge in [0, 0.05) is 45.1 Å². The zero-order valence-corrected chi connectivity index (χ0v) is 18.2. The number of anilines is 1. The Morgan fingerprint density at radius 2 is 1.91 bits per heavy atom. The molecule has 0 spiro atoms. The summed E-state index contributed by atoms with van der Waals surface area (Å²) in [4.78, 5) is 42.1. The van der Waals surface area contributed by atoms with Gasteiger partial charge in [0.15, 0.2) is 11.2 Å². The minimum absolute atomic E-state index is 0.0744. The number of hydrogen-bond donors (Lipinski definition) is 1. The Labute approximate surface area is 183 Å². The van der Waals surface area contributed by atoms with Crippen LogP contribution in [0, 0.1) is 0 Å². The number of rotatable bonds is 4. The molecule has 1 atom stereocenters.